The van der Waals surface area contributed by atoms with Gasteiger partial charge in [-0.25, -0.2) is 0 Å². The van der Waals surface area contributed by atoms with Crippen LogP contribution in [-0.2, 0) is 4.74 Å². The van der Waals surface area contributed by atoms with Gasteiger partial charge in [-0.2, -0.15) is 0 Å². The maximum atomic E-state index is 6.34. The van der Waals surface area contributed by atoms with Crippen molar-refractivity contribution in [1.29, 1.82) is 0 Å². The molecule has 5 rings (SSSR count). The summed E-state index contributed by atoms with van der Waals surface area (Å²) in [5, 5.41) is 0. The molecule has 2 bridgehead atoms. The van der Waals surface area contributed by atoms with Crippen LogP contribution in [-0.4, -0.2) is 31.1 Å². The Morgan fingerprint density at radius 3 is 2.67 bits per heavy atom. The fraction of sp³-hybridized carbons (Fsp3) is 0.680. The Balaban J connectivity index is 1.64. The second-order valence-electron chi connectivity index (χ2n) is 9.43. The molecule has 0 aromatic rings. The number of hydrogen-bond acceptors (Lipinski definition) is 2. The molecule has 5 aliphatic rings. The molecule has 5 aliphatic carbocycles. The third-order valence-corrected chi connectivity index (χ3v) is 7.66. The van der Waals surface area contributed by atoms with Gasteiger partial charge in [0.1, 0.15) is 5.76 Å². The summed E-state index contributed by atoms with van der Waals surface area (Å²) in [5.74, 6) is 10.1. The van der Waals surface area contributed by atoms with Gasteiger partial charge in [0.2, 0.25) is 0 Å². The minimum atomic E-state index is 0.000603. The summed E-state index contributed by atoms with van der Waals surface area (Å²) in [5.41, 5.74) is 3.47. The van der Waals surface area contributed by atoms with Crippen LogP contribution in [0.3, 0.4) is 0 Å². The zero-order valence-electron chi connectivity index (χ0n) is 17.2. The first-order chi connectivity index (χ1) is 13.1. The molecular formula is C25H33NO. The van der Waals surface area contributed by atoms with Gasteiger partial charge in [0.25, 0.3) is 0 Å². The molecule has 0 spiro atoms. The number of rotatable bonds is 5. The third-order valence-electron chi connectivity index (χ3n) is 7.66. The highest BCUT2D eigenvalue weighted by Crippen LogP contribution is 2.72. The van der Waals surface area contributed by atoms with E-state index in [9.17, 15) is 0 Å². The first kappa shape index (κ1) is 17.6. The molecule has 0 N–H and O–H groups in total. The van der Waals surface area contributed by atoms with E-state index in [2.05, 4.69) is 56.0 Å². The lowest BCUT2D eigenvalue weighted by Gasteiger charge is -2.44. The number of likely N-dealkylation sites (N-methyl/N-ethyl adjacent to an activating group) is 1. The van der Waals surface area contributed by atoms with Crippen LogP contribution in [0.15, 0.2) is 35.1 Å². The van der Waals surface area contributed by atoms with E-state index in [0.717, 1.165) is 12.5 Å². The van der Waals surface area contributed by atoms with Crippen LogP contribution in [0.5, 0.6) is 0 Å². The van der Waals surface area contributed by atoms with Crippen LogP contribution in [0.1, 0.15) is 58.3 Å². The Morgan fingerprint density at radius 2 is 2.00 bits per heavy atom. The third kappa shape index (κ3) is 2.44. The van der Waals surface area contributed by atoms with Crippen molar-refractivity contribution in [2.75, 3.05) is 20.7 Å². The summed E-state index contributed by atoms with van der Waals surface area (Å²) in [6, 6.07) is 0. The van der Waals surface area contributed by atoms with Crippen molar-refractivity contribution in [3.8, 4) is 11.8 Å². The van der Waals surface area contributed by atoms with Crippen molar-refractivity contribution < 1.29 is 4.74 Å². The van der Waals surface area contributed by atoms with E-state index in [4.69, 9.17) is 4.74 Å². The first-order valence-corrected chi connectivity index (χ1v) is 11.1. The molecule has 0 radical (unpaired) electrons. The van der Waals surface area contributed by atoms with Crippen molar-refractivity contribution in [3.05, 3.63) is 35.1 Å². The highest BCUT2D eigenvalue weighted by atomic mass is 16.5. The highest BCUT2D eigenvalue weighted by molar-refractivity contribution is 5.62. The average molecular weight is 364 g/mol. The van der Waals surface area contributed by atoms with Gasteiger partial charge in [-0.15, -0.1) is 0 Å². The molecule has 3 fully saturated rings. The average Bonchev–Trinajstić information content (AvgIpc) is 3.58. The number of allylic oxidation sites excluding steroid dienone is 2. The van der Waals surface area contributed by atoms with Crippen LogP contribution in [0.4, 0.5) is 0 Å². The van der Waals surface area contributed by atoms with E-state index in [1.807, 2.05) is 0 Å². The lowest BCUT2D eigenvalue weighted by Crippen LogP contribution is -2.48. The molecule has 0 aliphatic heterocycles. The predicted molar refractivity (Wildman–Crippen MR) is 110 cm³/mol. The Kier molecular flexibility index (Phi) is 4.10. The Labute approximate surface area is 164 Å². The zero-order chi connectivity index (χ0) is 18.6. The number of hydrogen-bond donors (Lipinski definition) is 0. The zero-order valence-corrected chi connectivity index (χ0v) is 17.2. The summed E-state index contributed by atoms with van der Waals surface area (Å²) in [7, 11) is 4.54. The summed E-state index contributed by atoms with van der Waals surface area (Å²) in [6.45, 7) is 2.91. The molecule has 0 aromatic carbocycles. The quantitative estimate of drug-likeness (QED) is 0.631. The van der Waals surface area contributed by atoms with E-state index in [-0.39, 0.29) is 11.0 Å². The van der Waals surface area contributed by atoms with Gasteiger partial charge in [-0.1, -0.05) is 24.7 Å². The molecule has 0 saturated heterocycles. The Hall–Kier alpha value is -1.46. The van der Waals surface area contributed by atoms with E-state index < -0.39 is 0 Å². The van der Waals surface area contributed by atoms with Gasteiger partial charge in [0.15, 0.2) is 0 Å². The van der Waals surface area contributed by atoms with Crippen molar-refractivity contribution in [2.45, 2.75) is 63.8 Å². The maximum Gasteiger partial charge on any atom is 0.105 e. The molecule has 3 saturated carbocycles. The monoisotopic (exact) mass is 363 g/mol. The topological polar surface area (TPSA) is 12.5 Å². The summed E-state index contributed by atoms with van der Waals surface area (Å²) in [6.07, 6.45) is 17.6. The SMILES string of the molecule is CCOC1=C[C@@]2(N(C)C)C(/C=C/C#CC3CC3)=C(C3CC3)[C@@]13CCCC[C@H]32. The minimum absolute atomic E-state index is 0.000603. The molecule has 0 amide bonds. The molecule has 144 valence electrons. The molecule has 27 heavy (non-hydrogen) atoms. The van der Waals surface area contributed by atoms with Crippen LogP contribution >= 0.6 is 0 Å². The summed E-state index contributed by atoms with van der Waals surface area (Å²) in [4.78, 5) is 2.48. The molecular weight excluding hydrogens is 330 g/mol. The lowest BCUT2D eigenvalue weighted by atomic mass is 9.63. The fourth-order valence-electron chi connectivity index (χ4n) is 6.38. The Morgan fingerprint density at radius 1 is 1.19 bits per heavy atom. The van der Waals surface area contributed by atoms with Crippen molar-refractivity contribution in [1.82, 2.24) is 4.90 Å². The second kappa shape index (κ2) is 6.28. The first-order valence-electron chi connectivity index (χ1n) is 11.1. The van der Waals surface area contributed by atoms with Gasteiger partial charge in [0.05, 0.1) is 17.6 Å². The van der Waals surface area contributed by atoms with Gasteiger partial charge in [-0.3, -0.25) is 4.90 Å². The van der Waals surface area contributed by atoms with E-state index in [0.29, 0.717) is 11.8 Å². The maximum absolute atomic E-state index is 6.34. The lowest BCUT2D eigenvalue weighted by molar-refractivity contribution is 0.0648. The minimum Gasteiger partial charge on any atom is -0.498 e. The molecule has 0 unspecified atom stereocenters. The Bertz CT molecular complexity index is 783. The number of nitrogens with zero attached hydrogens (tertiary/aromatic N) is 1. The summed E-state index contributed by atoms with van der Waals surface area (Å²) < 4.78 is 6.34. The number of ether oxygens (including phenoxy) is 1. The van der Waals surface area contributed by atoms with Crippen molar-refractivity contribution in [2.24, 2.45) is 23.2 Å². The standard InChI is InChI=1S/C25H33NO/c1-4-27-22-17-25(26(2)3)20(10-6-5-9-18-12-13-18)23(19-14-15-19)24(22)16-8-7-11-21(24)25/h6,10,17-19,21H,4,7-8,11-16H2,1-3H3/b10-6+/t21-,24-,25-/m1/s1. The van der Waals surface area contributed by atoms with Crippen molar-refractivity contribution in [3.63, 3.8) is 0 Å². The van der Waals surface area contributed by atoms with Gasteiger partial charge in [-0.05, 0) is 94.8 Å². The molecule has 0 heterocycles. The molecule has 2 heteroatoms. The van der Waals surface area contributed by atoms with Crippen LogP contribution in [0.2, 0.25) is 0 Å². The molecule has 2 nitrogen and oxygen atoms in total. The fourth-order valence-corrected chi connectivity index (χ4v) is 6.38. The normalized spacial score (nSPS) is 37.5. The van der Waals surface area contributed by atoms with E-state index in [1.54, 1.807) is 11.1 Å². The van der Waals surface area contributed by atoms with Crippen LogP contribution < -0.4 is 0 Å². The second-order valence-corrected chi connectivity index (χ2v) is 9.43. The van der Waals surface area contributed by atoms with Gasteiger partial charge < -0.3 is 4.74 Å². The molecule has 0 aromatic heterocycles. The highest BCUT2D eigenvalue weighted by Gasteiger charge is 2.69. The smallest absolute Gasteiger partial charge is 0.105 e. The molecule has 3 atom stereocenters. The van der Waals surface area contributed by atoms with Crippen LogP contribution in [0.25, 0.3) is 0 Å². The van der Waals surface area contributed by atoms with Crippen LogP contribution in [0, 0.1) is 35.0 Å². The van der Waals surface area contributed by atoms with E-state index in [1.165, 1.54) is 57.1 Å². The van der Waals surface area contributed by atoms with Crippen molar-refractivity contribution >= 4 is 0 Å². The predicted octanol–water partition coefficient (Wildman–Crippen LogP) is 5.09. The van der Waals surface area contributed by atoms with Gasteiger partial charge >= 0.3 is 0 Å². The summed E-state index contributed by atoms with van der Waals surface area (Å²) >= 11 is 0. The van der Waals surface area contributed by atoms with Gasteiger partial charge in [0, 0.05) is 11.8 Å². The largest absolute Gasteiger partial charge is 0.498 e. The van der Waals surface area contributed by atoms with E-state index >= 15 is 0 Å².